The Bertz CT molecular complexity index is 407. The van der Waals surface area contributed by atoms with Crippen LogP contribution >= 0.6 is 27.3 Å². The van der Waals surface area contributed by atoms with Crippen molar-refractivity contribution in [2.24, 2.45) is 0 Å². The second-order valence-corrected chi connectivity index (χ2v) is 5.85. The second-order valence-electron chi connectivity index (χ2n) is 3.39. The Hall–Kier alpha value is -0.790. The summed E-state index contributed by atoms with van der Waals surface area (Å²) in [6.45, 7) is 3.79. The van der Waals surface area contributed by atoms with Gasteiger partial charge in [-0.15, -0.1) is 17.8 Å². The van der Waals surface area contributed by atoms with E-state index >= 15 is 0 Å². The number of halogens is 1. The predicted molar refractivity (Wildman–Crippen MR) is 67.0 cm³/mol. The second kappa shape index (κ2) is 4.82. The first kappa shape index (κ1) is 12.3. The summed E-state index contributed by atoms with van der Waals surface area (Å²) >= 11 is 4.71. The van der Waals surface area contributed by atoms with Crippen LogP contribution in [-0.2, 0) is 0 Å². The van der Waals surface area contributed by atoms with Crippen molar-refractivity contribution in [1.29, 1.82) is 0 Å². The van der Waals surface area contributed by atoms with Crippen molar-refractivity contribution >= 4 is 33.2 Å². The molecule has 1 aromatic rings. The number of rotatable bonds is 3. The van der Waals surface area contributed by atoms with E-state index in [1.807, 2.05) is 19.9 Å². The molecule has 80 valence electrons. The molecule has 1 N–H and O–H groups in total. The van der Waals surface area contributed by atoms with Gasteiger partial charge in [0.2, 0.25) is 0 Å². The van der Waals surface area contributed by atoms with E-state index in [0.717, 1.165) is 3.79 Å². The third kappa shape index (κ3) is 3.08. The maximum atomic E-state index is 11.8. The average Bonchev–Trinajstić information content (AvgIpc) is 2.65. The van der Waals surface area contributed by atoms with Crippen molar-refractivity contribution in [2.45, 2.75) is 25.8 Å². The van der Waals surface area contributed by atoms with Gasteiger partial charge in [-0.05, 0) is 41.4 Å². The topological polar surface area (TPSA) is 29.1 Å². The molecule has 1 unspecified atom stereocenters. The van der Waals surface area contributed by atoms with Gasteiger partial charge in [-0.25, -0.2) is 0 Å². The summed E-state index contributed by atoms with van der Waals surface area (Å²) < 4.78 is 0.937. The molecule has 0 saturated heterocycles. The number of carbonyl (C=O) groups excluding carboxylic acids is 1. The Balaban J connectivity index is 2.76. The lowest BCUT2D eigenvalue weighted by Crippen LogP contribution is -2.43. The quantitative estimate of drug-likeness (QED) is 0.850. The fourth-order valence-electron chi connectivity index (χ4n) is 0.975. The lowest BCUT2D eigenvalue weighted by Gasteiger charge is -2.22. The Morgan fingerprint density at radius 3 is 2.80 bits per heavy atom. The summed E-state index contributed by atoms with van der Waals surface area (Å²) in [5.74, 6) is 2.48. The highest BCUT2D eigenvalue weighted by molar-refractivity contribution is 9.11. The highest BCUT2D eigenvalue weighted by atomic mass is 79.9. The zero-order chi connectivity index (χ0) is 11.5. The molecule has 0 aliphatic rings. The smallest absolute Gasteiger partial charge is 0.262 e. The minimum absolute atomic E-state index is 0.118. The molecule has 0 radical (unpaired) electrons. The fourth-order valence-corrected chi connectivity index (χ4v) is 2.26. The van der Waals surface area contributed by atoms with Crippen molar-refractivity contribution in [1.82, 2.24) is 5.32 Å². The SMILES string of the molecule is C#CC(C)(CC)NC(=O)c1ccc(Br)s1. The van der Waals surface area contributed by atoms with Crippen LogP contribution in [0.5, 0.6) is 0 Å². The predicted octanol–water partition coefficient (Wildman–Crippen LogP) is 3.04. The Morgan fingerprint density at radius 2 is 2.40 bits per heavy atom. The van der Waals surface area contributed by atoms with Crippen LogP contribution < -0.4 is 5.32 Å². The molecule has 0 aromatic carbocycles. The molecule has 1 rings (SSSR count). The van der Waals surface area contributed by atoms with Gasteiger partial charge in [0.25, 0.3) is 5.91 Å². The highest BCUT2D eigenvalue weighted by Gasteiger charge is 2.22. The van der Waals surface area contributed by atoms with Gasteiger partial charge in [0.1, 0.15) is 0 Å². The van der Waals surface area contributed by atoms with Gasteiger partial charge in [0.15, 0.2) is 0 Å². The minimum Gasteiger partial charge on any atom is -0.335 e. The first-order valence-electron chi connectivity index (χ1n) is 4.56. The minimum atomic E-state index is -0.562. The zero-order valence-electron chi connectivity index (χ0n) is 8.63. The van der Waals surface area contributed by atoms with Crippen LogP contribution in [0.3, 0.4) is 0 Å². The monoisotopic (exact) mass is 285 g/mol. The Labute approximate surface area is 102 Å². The normalized spacial score (nSPS) is 14.0. The number of terminal acetylenes is 1. The van der Waals surface area contributed by atoms with E-state index in [2.05, 4.69) is 27.2 Å². The van der Waals surface area contributed by atoms with Crippen LogP contribution in [0, 0.1) is 12.3 Å². The fraction of sp³-hybridized carbons (Fsp3) is 0.364. The molecule has 1 atom stereocenters. The van der Waals surface area contributed by atoms with E-state index in [-0.39, 0.29) is 5.91 Å². The summed E-state index contributed by atoms with van der Waals surface area (Å²) in [5.41, 5.74) is -0.562. The summed E-state index contributed by atoms with van der Waals surface area (Å²) in [4.78, 5) is 12.4. The van der Waals surface area contributed by atoms with Crippen LogP contribution in [-0.4, -0.2) is 11.4 Å². The van der Waals surface area contributed by atoms with E-state index < -0.39 is 5.54 Å². The third-order valence-corrected chi connectivity index (χ3v) is 3.83. The lowest BCUT2D eigenvalue weighted by atomic mass is 10.0. The molecule has 1 heterocycles. The van der Waals surface area contributed by atoms with Crippen molar-refractivity contribution in [3.63, 3.8) is 0 Å². The summed E-state index contributed by atoms with van der Waals surface area (Å²) in [6, 6.07) is 3.62. The van der Waals surface area contributed by atoms with Gasteiger partial charge in [0.05, 0.1) is 14.2 Å². The average molecular weight is 286 g/mol. The van der Waals surface area contributed by atoms with Crippen molar-refractivity contribution in [3.05, 3.63) is 20.8 Å². The third-order valence-electron chi connectivity index (χ3n) is 2.21. The van der Waals surface area contributed by atoms with Crippen LogP contribution in [0.1, 0.15) is 29.9 Å². The Morgan fingerprint density at radius 1 is 1.73 bits per heavy atom. The molecule has 0 fully saturated rings. The highest BCUT2D eigenvalue weighted by Crippen LogP contribution is 2.22. The number of thiophene rings is 1. The van der Waals surface area contributed by atoms with Gasteiger partial charge in [0, 0.05) is 0 Å². The molecule has 0 spiro atoms. The van der Waals surface area contributed by atoms with E-state index in [1.54, 1.807) is 6.07 Å². The van der Waals surface area contributed by atoms with Crippen LogP contribution in [0.4, 0.5) is 0 Å². The molecular weight excluding hydrogens is 274 g/mol. The summed E-state index contributed by atoms with van der Waals surface area (Å²) in [7, 11) is 0. The molecule has 0 aliphatic heterocycles. The van der Waals surface area contributed by atoms with Crippen molar-refractivity contribution in [3.8, 4) is 12.3 Å². The Kier molecular flexibility index (Phi) is 3.95. The van der Waals surface area contributed by atoms with E-state index in [1.165, 1.54) is 11.3 Å². The first-order valence-corrected chi connectivity index (χ1v) is 6.17. The van der Waals surface area contributed by atoms with E-state index in [9.17, 15) is 4.79 Å². The number of carbonyl (C=O) groups is 1. The number of hydrogen-bond donors (Lipinski definition) is 1. The molecular formula is C11H12BrNOS. The molecule has 15 heavy (non-hydrogen) atoms. The first-order chi connectivity index (χ1) is 7.00. The molecule has 1 amide bonds. The molecule has 1 aromatic heterocycles. The van der Waals surface area contributed by atoms with Gasteiger partial charge in [-0.2, -0.15) is 0 Å². The van der Waals surface area contributed by atoms with Crippen LogP contribution in [0.2, 0.25) is 0 Å². The maximum absolute atomic E-state index is 11.8. The standard InChI is InChI=1S/C11H12BrNOS/c1-4-11(3,5-2)13-10(14)8-6-7-9(12)15-8/h1,6-7H,5H2,2-3H3,(H,13,14). The lowest BCUT2D eigenvalue weighted by molar-refractivity contribution is 0.0928. The summed E-state index contributed by atoms with van der Waals surface area (Å²) in [5, 5.41) is 2.84. The number of hydrogen-bond acceptors (Lipinski definition) is 2. The number of amides is 1. The largest absolute Gasteiger partial charge is 0.335 e. The molecule has 4 heteroatoms. The number of nitrogens with one attached hydrogen (secondary N) is 1. The molecule has 0 aliphatic carbocycles. The van der Waals surface area contributed by atoms with Gasteiger partial charge >= 0.3 is 0 Å². The van der Waals surface area contributed by atoms with E-state index in [0.29, 0.717) is 11.3 Å². The zero-order valence-corrected chi connectivity index (χ0v) is 11.0. The molecule has 2 nitrogen and oxygen atoms in total. The molecule has 0 saturated carbocycles. The van der Waals surface area contributed by atoms with E-state index in [4.69, 9.17) is 6.42 Å². The van der Waals surface area contributed by atoms with Crippen molar-refractivity contribution in [2.75, 3.05) is 0 Å². The van der Waals surface area contributed by atoms with Crippen LogP contribution in [0.25, 0.3) is 0 Å². The van der Waals surface area contributed by atoms with Gasteiger partial charge < -0.3 is 5.32 Å². The van der Waals surface area contributed by atoms with Crippen LogP contribution in [0.15, 0.2) is 15.9 Å². The summed E-state index contributed by atoms with van der Waals surface area (Å²) in [6.07, 6.45) is 6.09. The van der Waals surface area contributed by atoms with Gasteiger partial charge in [-0.1, -0.05) is 12.8 Å². The maximum Gasteiger partial charge on any atom is 0.262 e. The molecule has 0 bridgehead atoms. The van der Waals surface area contributed by atoms with Crippen molar-refractivity contribution < 1.29 is 4.79 Å². The van der Waals surface area contributed by atoms with Gasteiger partial charge in [-0.3, -0.25) is 4.79 Å².